The number of nitrogens with zero attached hydrogens (tertiary/aromatic N) is 1. The largest absolute Gasteiger partial charge is 0.395 e. The summed E-state index contributed by atoms with van der Waals surface area (Å²) < 4.78 is 0.590. The molecule has 0 bridgehead atoms. The molecule has 1 aromatic rings. The third-order valence-electron chi connectivity index (χ3n) is 1.43. The maximum absolute atomic E-state index is 11.2. The summed E-state index contributed by atoms with van der Waals surface area (Å²) in [5, 5.41) is 11.3. The molecule has 0 unspecified atom stereocenters. The van der Waals surface area contributed by atoms with Crippen molar-refractivity contribution in [2.75, 3.05) is 18.5 Å². The van der Waals surface area contributed by atoms with E-state index in [0.717, 1.165) is 0 Å². The minimum Gasteiger partial charge on any atom is -0.395 e. The highest BCUT2D eigenvalue weighted by Gasteiger charge is 2.03. The topological polar surface area (TPSA) is 78.0 Å². The van der Waals surface area contributed by atoms with Crippen LogP contribution in [0.4, 0.5) is 5.95 Å². The Balaban J connectivity index is 2.93. The molecule has 1 rings (SSSR count). The summed E-state index contributed by atoms with van der Waals surface area (Å²) >= 11 is 1.94. The second kappa shape index (κ2) is 4.56. The van der Waals surface area contributed by atoms with E-state index in [-0.39, 0.29) is 12.2 Å². The number of hydrogen-bond acceptors (Lipinski definition) is 4. The van der Waals surface area contributed by atoms with E-state index < -0.39 is 0 Å². The molecule has 5 nitrogen and oxygen atoms in total. The molecular formula is C7H10IN3O2. The predicted molar refractivity (Wildman–Crippen MR) is 57.9 cm³/mol. The number of aryl methyl sites for hydroxylation is 1. The molecule has 0 saturated carbocycles. The van der Waals surface area contributed by atoms with Gasteiger partial charge in [-0.3, -0.25) is 9.78 Å². The molecule has 0 amide bonds. The lowest BCUT2D eigenvalue weighted by Gasteiger charge is -2.04. The van der Waals surface area contributed by atoms with E-state index >= 15 is 0 Å². The lowest BCUT2D eigenvalue weighted by atomic mass is 10.4. The Bertz CT molecular complexity index is 350. The van der Waals surface area contributed by atoms with Gasteiger partial charge in [-0.15, -0.1) is 0 Å². The minimum atomic E-state index is -0.159. The van der Waals surface area contributed by atoms with E-state index in [1.165, 1.54) is 0 Å². The fourth-order valence-corrected chi connectivity index (χ4v) is 1.08. The summed E-state index contributed by atoms with van der Waals surface area (Å²) in [7, 11) is 0. The highest BCUT2D eigenvalue weighted by atomic mass is 127. The first-order valence-electron chi connectivity index (χ1n) is 3.76. The number of hydrogen-bond donors (Lipinski definition) is 3. The number of aromatic amines is 1. The molecule has 0 aliphatic carbocycles. The van der Waals surface area contributed by atoms with Gasteiger partial charge in [0.05, 0.1) is 15.9 Å². The normalized spacial score (nSPS) is 10.1. The Hall–Kier alpha value is -0.630. The van der Waals surface area contributed by atoms with E-state index in [9.17, 15) is 4.79 Å². The molecule has 0 atom stereocenters. The molecule has 0 radical (unpaired) electrons. The van der Waals surface area contributed by atoms with Crippen molar-refractivity contribution in [1.82, 2.24) is 9.97 Å². The van der Waals surface area contributed by atoms with E-state index in [4.69, 9.17) is 5.11 Å². The molecule has 1 aromatic heterocycles. The predicted octanol–water partition coefficient (Wildman–Crippen LogP) is 0.0871. The van der Waals surface area contributed by atoms with Crippen LogP contribution in [0.15, 0.2) is 4.79 Å². The first-order valence-corrected chi connectivity index (χ1v) is 4.84. The molecule has 0 aromatic carbocycles. The Labute approximate surface area is 88.7 Å². The summed E-state index contributed by atoms with van der Waals surface area (Å²) in [5.41, 5.74) is 0.526. The fraction of sp³-hybridized carbons (Fsp3) is 0.429. The van der Waals surface area contributed by atoms with Crippen LogP contribution in [0.5, 0.6) is 0 Å². The van der Waals surface area contributed by atoms with Crippen molar-refractivity contribution >= 4 is 28.5 Å². The van der Waals surface area contributed by atoms with Crippen molar-refractivity contribution in [2.45, 2.75) is 6.92 Å². The Morgan fingerprint density at radius 3 is 2.92 bits per heavy atom. The van der Waals surface area contributed by atoms with Crippen molar-refractivity contribution in [3.8, 4) is 0 Å². The van der Waals surface area contributed by atoms with Crippen LogP contribution in [0.1, 0.15) is 5.69 Å². The molecule has 72 valence electrons. The second-order valence-corrected chi connectivity index (χ2v) is 3.54. The second-order valence-electron chi connectivity index (χ2n) is 2.46. The number of aliphatic hydroxyl groups is 1. The summed E-state index contributed by atoms with van der Waals surface area (Å²) in [6.07, 6.45) is 0. The third kappa shape index (κ3) is 2.66. The first-order chi connectivity index (χ1) is 6.15. The Kier molecular flexibility index (Phi) is 3.67. The van der Waals surface area contributed by atoms with Crippen molar-refractivity contribution in [3.63, 3.8) is 0 Å². The van der Waals surface area contributed by atoms with Crippen LogP contribution in [-0.2, 0) is 0 Å². The lowest BCUT2D eigenvalue weighted by molar-refractivity contribution is 0.310. The molecule has 6 heteroatoms. The summed E-state index contributed by atoms with van der Waals surface area (Å²) in [6.45, 7) is 2.15. The molecule has 0 fully saturated rings. The Morgan fingerprint density at radius 2 is 2.38 bits per heavy atom. The molecule has 0 aliphatic rings. The van der Waals surface area contributed by atoms with E-state index in [2.05, 4.69) is 15.3 Å². The van der Waals surface area contributed by atoms with Crippen LogP contribution >= 0.6 is 22.6 Å². The van der Waals surface area contributed by atoms with Gasteiger partial charge in [-0.2, -0.15) is 0 Å². The number of H-pyrrole nitrogens is 1. The van der Waals surface area contributed by atoms with Crippen LogP contribution in [0, 0.1) is 10.5 Å². The number of aromatic nitrogens is 2. The van der Waals surface area contributed by atoms with Crippen molar-refractivity contribution in [2.24, 2.45) is 0 Å². The maximum Gasteiger partial charge on any atom is 0.265 e. The number of halogens is 1. The van der Waals surface area contributed by atoms with Gasteiger partial charge in [-0.05, 0) is 29.5 Å². The van der Waals surface area contributed by atoms with E-state index in [1.54, 1.807) is 6.92 Å². The highest BCUT2D eigenvalue weighted by molar-refractivity contribution is 14.1. The average molecular weight is 295 g/mol. The summed E-state index contributed by atoms with van der Waals surface area (Å²) in [6, 6.07) is 0. The monoisotopic (exact) mass is 295 g/mol. The van der Waals surface area contributed by atoms with Gasteiger partial charge in [-0.25, -0.2) is 4.98 Å². The molecule has 13 heavy (non-hydrogen) atoms. The van der Waals surface area contributed by atoms with E-state index in [0.29, 0.717) is 21.8 Å². The van der Waals surface area contributed by atoms with Crippen LogP contribution < -0.4 is 10.9 Å². The number of aliphatic hydroxyl groups excluding tert-OH is 1. The van der Waals surface area contributed by atoms with Gasteiger partial charge in [0.1, 0.15) is 0 Å². The van der Waals surface area contributed by atoms with Crippen LogP contribution in [0.2, 0.25) is 0 Å². The van der Waals surface area contributed by atoms with E-state index in [1.807, 2.05) is 22.6 Å². The van der Waals surface area contributed by atoms with Crippen LogP contribution in [-0.4, -0.2) is 28.2 Å². The highest BCUT2D eigenvalue weighted by Crippen LogP contribution is 2.04. The zero-order valence-electron chi connectivity index (χ0n) is 7.09. The molecule has 0 aliphatic heterocycles. The lowest BCUT2D eigenvalue weighted by Crippen LogP contribution is -2.18. The van der Waals surface area contributed by atoms with Crippen molar-refractivity contribution in [1.29, 1.82) is 0 Å². The molecule has 0 saturated heterocycles. The van der Waals surface area contributed by atoms with Gasteiger partial charge >= 0.3 is 0 Å². The molecule has 3 N–H and O–H groups in total. The van der Waals surface area contributed by atoms with Crippen molar-refractivity contribution in [3.05, 3.63) is 19.6 Å². The summed E-state index contributed by atoms with van der Waals surface area (Å²) in [5.74, 6) is 0.400. The molecule has 0 spiro atoms. The summed E-state index contributed by atoms with van der Waals surface area (Å²) in [4.78, 5) is 17.9. The van der Waals surface area contributed by atoms with Gasteiger partial charge in [0, 0.05) is 6.54 Å². The number of anilines is 1. The first kappa shape index (κ1) is 10.5. The molecular weight excluding hydrogens is 285 g/mol. The number of rotatable bonds is 3. The van der Waals surface area contributed by atoms with Gasteiger partial charge in [0.25, 0.3) is 5.56 Å². The average Bonchev–Trinajstić information content (AvgIpc) is 2.10. The SMILES string of the molecule is Cc1nc(NCCO)[nH]c(=O)c1I. The van der Waals surface area contributed by atoms with Gasteiger partial charge in [-0.1, -0.05) is 0 Å². The third-order valence-corrected chi connectivity index (χ3v) is 2.70. The fourth-order valence-electron chi connectivity index (χ4n) is 0.829. The maximum atomic E-state index is 11.2. The standard InChI is InChI=1S/C7H10IN3O2/c1-4-5(8)6(13)11-7(10-4)9-2-3-12/h12H,2-3H2,1H3,(H2,9,10,11,13). The zero-order chi connectivity index (χ0) is 9.84. The minimum absolute atomic E-state index is 0.00868. The Morgan fingerprint density at radius 1 is 1.69 bits per heavy atom. The smallest absolute Gasteiger partial charge is 0.265 e. The zero-order valence-corrected chi connectivity index (χ0v) is 9.25. The number of nitrogens with one attached hydrogen (secondary N) is 2. The quantitative estimate of drug-likeness (QED) is 0.691. The van der Waals surface area contributed by atoms with Gasteiger partial charge < -0.3 is 10.4 Å². The van der Waals surface area contributed by atoms with Crippen LogP contribution in [0.3, 0.4) is 0 Å². The molecule has 1 heterocycles. The van der Waals surface area contributed by atoms with Crippen molar-refractivity contribution < 1.29 is 5.11 Å². The van der Waals surface area contributed by atoms with Crippen LogP contribution in [0.25, 0.3) is 0 Å². The van der Waals surface area contributed by atoms with Gasteiger partial charge in [0.15, 0.2) is 0 Å². The van der Waals surface area contributed by atoms with Gasteiger partial charge in [0.2, 0.25) is 5.95 Å².